The van der Waals surface area contributed by atoms with E-state index in [4.69, 9.17) is 0 Å². The van der Waals surface area contributed by atoms with Crippen LogP contribution >= 0.6 is 0 Å². The van der Waals surface area contributed by atoms with Gasteiger partial charge in [-0.25, -0.2) is 0 Å². The molecule has 0 aromatic rings. The van der Waals surface area contributed by atoms with E-state index in [2.05, 4.69) is 26.1 Å². The van der Waals surface area contributed by atoms with Crippen molar-refractivity contribution in [3.63, 3.8) is 0 Å². The van der Waals surface area contributed by atoms with E-state index in [9.17, 15) is 0 Å². The molecule has 0 radical (unpaired) electrons. The van der Waals surface area contributed by atoms with Crippen LogP contribution in [-0.2, 0) is 0 Å². The fourth-order valence-corrected chi connectivity index (χ4v) is 1.40. The molecule has 0 aromatic heterocycles. The first-order valence-electron chi connectivity index (χ1n) is 4.50. The Balaban J connectivity index is 2.12. The van der Waals surface area contributed by atoms with Gasteiger partial charge in [0.15, 0.2) is 0 Å². The molecule has 60 valence electrons. The van der Waals surface area contributed by atoms with Crippen LogP contribution in [0, 0.1) is 5.92 Å². The third kappa shape index (κ3) is 1.72. The molecule has 3 unspecified atom stereocenters. The van der Waals surface area contributed by atoms with Gasteiger partial charge in [-0.1, -0.05) is 13.8 Å². The molecule has 1 N–H and O–H groups in total. The van der Waals surface area contributed by atoms with E-state index in [-0.39, 0.29) is 0 Å². The highest BCUT2D eigenvalue weighted by molar-refractivity contribution is 4.84. The van der Waals surface area contributed by atoms with Crippen LogP contribution in [0.4, 0.5) is 0 Å². The molecule has 1 rings (SSSR count). The van der Waals surface area contributed by atoms with E-state index in [0.717, 1.165) is 12.0 Å². The third-order valence-electron chi connectivity index (χ3n) is 2.73. The minimum Gasteiger partial charge on any atom is -0.311 e. The summed E-state index contributed by atoms with van der Waals surface area (Å²) in [4.78, 5) is 0. The van der Waals surface area contributed by atoms with Crippen molar-refractivity contribution in [1.82, 2.24) is 5.32 Å². The maximum atomic E-state index is 3.62. The van der Waals surface area contributed by atoms with Crippen LogP contribution in [0.3, 0.4) is 0 Å². The molecule has 1 saturated carbocycles. The molecule has 0 bridgehead atoms. The van der Waals surface area contributed by atoms with Gasteiger partial charge < -0.3 is 5.32 Å². The molecule has 0 heterocycles. The van der Waals surface area contributed by atoms with Crippen LogP contribution in [0.15, 0.2) is 0 Å². The molecule has 10 heavy (non-hydrogen) atoms. The lowest BCUT2D eigenvalue weighted by Crippen LogP contribution is -2.46. The summed E-state index contributed by atoms with van der Waals surface area (Å²) in [6.07, 6.45) is 4.07. The largest absolute Gasteiger partial charge is 0.311 e. The molecule has 0 amide bonds. The van der Waals surface area contributed by atoms with Gasteiger partial charge in [0, 0.05) is 12.1 Å². The van der Waals surface area contributed by atoms with E-state index >= 15 is 0 Å². The predicted molar refractivity (Wildman–Crippen MR) is 45.1 cm³/mol. The van der Waals surface area contributed by atoms with Crippen LogP contribution in [0.1, 0.15) is 40.0 Å². The van der Waals surface area contributed by atoms with Gasteiger partial charge in [0.05, 0.1) is 0 Å². The quantitative estimate of drug-likeness (QED) is 0.635. The molecule has 3 atom stereocenters. The zero-order valence-electron chi connectivity index (χ0n) is 7.35. The summed E-state index contributed by atoms with van der Waals surface area (Å²) in [5.74, 6) is 0.925. The molecule has 1 aliphatic rings. The summed E-state index contributed by atoms with van der Waals surface area (Å²) >= 11 is 0. The Labute approximate surface area is 64.2 Å². The maximum absolute atomic E-state index is 3.62. The second-order valence-corrected chi connectivity index (χ2v) is 3.64. The van der Waals surface area contributed by atoms with Crippen LogP contribution in [0.25, 0.3) is 0 Å². The molecule has 0 aliphatic heterocycles. The van der Waals surface area contributed by atoms with Gasteiger partial charge in [-0.3, -0.25) is 0 Å². The Hall–Kier alpha value is -0.0400. The maximum Gasteiger partial charge on any atom is 0.00952 e. The van der Waals surface area contributed by atoms with Gasteiger partial charge in [0.25, 0.3) is 0 Å². The first kappa shape index (κ1) is 8.06. The van der Waals surface area contributed by atoms with E-state index < -0.39 is 0 Å². The second-order valence-electron chi connectivity index (χ2n) is 3.64. The van der Waals surface area contributed by atoms with Crippen LogP contribution < -0.4 is 5.32 Å². The Morgan fingerprint density at radius 2 is 2.20 bits per heavy atom. The van der Waals surface area contributed by atoms with Crippen molar-refractivity contribution < 1.29 is 0 Å². The molecule has 0 spiro atoms. The van der Waals surface area contributed by atoms with Crippen molar-refractivity contribution in [2.24, 2.45) is 5.92 Å². The van der Waals surface area contributed by atoms with Gasteiger partial charge in [-0.05, 0) is 32.1 Å². The van der Waals surface area contributed by atoms with Crippen molar-refractivity contribution in [2.45, 2.75) is 52.1 Å². The molecule has 0 aromatic carbocycles. The molecule has 0 saturated heterocycles. The van der Waals surface area contributed by atoms with Gasteiger partial charge >= 0.3 is 0 Å². The van der Waals surface area contributed by atoms with Crippen LogP contribution in [0.5, 0.6) is 0 Å². The Bertz CT molecular complexity index is 101. The van der Waals surface area contributed by atoms with E-state index in [1.165, 1.54) is 19.3 Å². The molecule has 1 aliphatic carbocycles. The highest BCUT2D eigenvalue weighted by Crippen LogP contribution is 2.26. The van der Waals surface area contributed by atoms with Gasteiger partial charge in [0.2, 0.25) is 0 Å². The fourth-order valence-electron chi connectivity index (χ4n) is 1.40. The Kier molecular flexibility index (Phi) is 2.72. The molecule has 1 heteroatoms. The molecular weight excluding hydrogens is 122 g/mol. The van der Waals surface area contributed by atoms with Gasteiger partial charge in [-0.2, -0.15) is 0 Å². The topological polar surface area (TPSA) is 12.0 Å². The van der Waals surface area contributed by atoms with Gasteiger partial charge in [0.1, 0.15) is 0 Å². The lowest BCUT2D eigenvalue weighted by atomic mass is 9.81. The minimum atomic E-state index is 0.716. The zero-order valence-corrected chi connectivity index (χ0v) is 7.35. The summed E-state index contributed by atoms with van der Waals surface area (Å²) in [6.45, 7) is 6.84. The van der Waals surface area contributed by atoms with Crippen LogP contribution in [0.2, 0.25) is 0 Å². The zero-order chi connectivity index (χ0) is 7.56. The standard InChI is InChI=1S/C9H19N/c1-4-8(3)10-9-6-5-7(9)2/h7-10H,4-6H2,1-3H3. The van der Waals surface area contributed by atoms with Crippen LogP contribution in [-0.4, -0.2) is 12.1 Å². The first-order chi connectivity index (χ1) is 4.74. The van der Waals surface area contributed by atoms with Crippen molar-refractivity contribution in [2.75, 3.05) is 0 Å². The SMILES string of the molecule is CCC(C)NC1CCC1C. The average molecular weight is 141 g/mol. The van der Waals surface area contributed by atoms with E-state index in [0.29, 0.717) is 6.04 Å². The molecular formula is C9H19N. The van der Waals surface area contributed by atoms with Crippen molar-refractivity contribution >= 4 is 0 Å². The highest BCUT2D eigenvalue weighted by Gasteiger charge is 2.26. The first-order valence-corrected chi connectivity index (χ1v) is 4.50. The monoisotopic (exact) mass is 141 g/mol. The summed E-state index contributed by atoms with van der Waals surface area (Å²) in [5.41, 5.74) is 0. The fraction of sp³-hybridized carbons (Fsp3) is 1.00. The summed E-state index contributed by atoms with van der Waals surface area (Å²) < 4.78 is 0. The van der Waals surface area contributed by atoms with E-state index in [1.807, 2.05) is 0 Å². The lowest BCUT2D eigenvalue weighted by Gasteiger charge is -2.36. The predicted octanol–water partition coefficient (Wildman–Crippen LogP) is 2.17. The number of hydrogen-bond acceptors (Lipinski definition) is 1. The van der Waals surface area contributed by atoms with Crippen molar-refractivity contribution in [3.8, 4) is 0 Å². The normalized spacial score (nSPS) is 35.1. The summed E-state index contributed by atoms with van der Waals surface area (Å²) in [5, 5.41) is 3.62. The number of hydrogen-bond donors (Lipinski definition) is 1. The highest BCUT2D eigenvalue weighted by atomic mass is 15.0. The molecule has 1 fully saturated rings. The Morgan fingerprint density at radius 3 is 2.50 bits per heavy atom. The molecule has 1 nitrogen and oxygen atoms in total. The smallest absolute Gasteiger partial charge is 0.00952 e. The second kappa shape index (κ2) is 3.38. The number of nitrogens with one attached hydrogen (secondary N) is 1. The average Bonchev–Trinajstić information content (AvgIpc) is 1.96. The third-order valence-corrected chi connectivity index (χ3v) is 2.73. The van der Waals surface area contributed by atoms with Gasteiger partial charge in [-0.15, -0.1) is 0 Å². The summed E-state index contributed by atoms with van der Waals surface area (Å²) in [7, 11) is 0. The minimum absolute atomic E-state index is 0.716. The van der Waals surface area contributed by atoms with Crippen molar-refractivity contribution in [3.05, 3.63) is 0 Å². The lowest BCUT2D eigenvalue weighted by molar-refractivity contribution is 0.212. The van der Waals surface area contributed by atoms with Crippen molar-refractivity contribution in [1.29, 1.82) is 0 Å². The van der Waals surface area contributed by atoms with E-state index in [1.54, 1.807) is 0 Å². The summed E-state index contributed by atoms with van der Waals surface area (Å²) in [6, 6.07) is 1.54. The number of rotatable bonds is 3. The Morgan fingerprint density at radius 1 is 1.50 bits per heavy atom.